The highest BCUT2D eigenvalue weighted by Gasteiger charge is 2.46. The second kappa shape index (κ2) is 5.84. The lowest BCUT2D eigenvalue weighted by atomic mass is 9.92. The molecule has 0 bridgehead atoms. The molecule has 1 fully saturated rings. The lowest BCUT2D eigenvalue weighted by molar-refractivity contribution is -0.159. The second-order valence-electron chi connectivity index (χ2n) is 4.92. The molecule has 0 spiro atoms. The topological polar surface area (TPSA) is 52.6 Å². The SMILES string of the molecule is C=CC(=O)OC1C(C)CC(C(C)C)C1OC=O. The highest BCUT2D eigenvalue weighted by Crippen LogP contribution is 2.39. The zero-order valence-corrected chi connectivity index (χ0v) is 10.6. The average Bonchev–Trinajstić information content (AvgIpc) is 2.58. The van der Waals surface area contributed by atoms with Gasteiger partial charge in [0.25, 0.3) is 6.47 Å². The fraction of sp³-hybridized carbons (Fsp3) is 0.692. The van der Waals surface area contributed by atoms with Crippen LogP contribution in [0.2, 0.25) is 0 Å². The first kappa shape index (κ1) is 13.7. The Labute approximate surface area is 102 Å². The van der Waals surface area contributed by atoms with Crippen LogP contribution in [0.3, 0.4) is 0 Å². The Morgan fingerprint density at radius 1 is 1.41 bits per heavy atom. The molecule has 4 heteroatoms. The molecule has 0 aliphatic heterocycles. The van der Waals surface area contributed by atoms with Gasteiger partial charge < -0.3 is 9.47 Å². The van der Waals surface area contributed by atoms with Gasteiger partial charge in [-0.15, -0.1) is 0 Å². The largest absolute Gasteiger partial charge is 0.460 e. The molecule has 96 valence electrons. The monoisotopic (exact) mass is 240 g/mol. The second-order valence-corrected chi connectivity index (χ2v) is 4.92. The molecule has 0 N–H and O–H groups in total. The summed E-state index contributed by atoms with van der Waals surface area (Å²) in [5.41, 5.74) is 0. The third-order valence-electron chi connectivity index (χ3n) is 3.44. The van der Waals surface area contributed by atoms with E-state index in [1.54, 1.807) is 0 Å². The fourth-order valence-electron chi connectivity index (χ4n) is 2.52. The Morgan fingerprint density at radius 3 is 2.53 bits per heavy atom. The number of carbonyl (C=O) groups is 2. The van der Waals surface area contributed by atoms with Crippen LogP contribution in [0.1, 0.15) is 27.2 Å². The lowest BCUT2D eigenvalue weighted by Gasteiger charge is -2.25. The van der Waals surface area contributed by atoms with E-state index in [0.717, 1.165) is 12.5 Å². The van der Waals surface area contributed by atoms with Crippen LogP contribution in [0.25, 0.3) is 0 Å². The first-order chi connectivity index (χ1) is 8.01. The van der Waals surface area contributed by atoms with Gasteiger partial charge in [0.2, 0.25) is 0 Å². The molecular weight excluding hydrogens is 220 g/mol. The van der Waals surface area contributed by atoms with Gasteiger partial charge in [-0.3, -0.25) is 4.79 Å². The van der Waals surface area contributed by atoms with E-state index in [-0.39, 0.29) is 24.0 Å². The zero-order chi connectivity index (χ0) is 13.0. The summed E-state index contributed by atoms with van der Waals surface area (Å²) in [6.07, 6.45) is 1.32. The summed E-state index contributed by atoms with van der Waals surface area (Å²) >= 11 is 0. The normalized spacial score (nSPS) is 32.2. The number of carbonyl (C=O) groups excluding carboxylic acids is 2. The zero-order valence-electron chi connectivity index (χ0n) is 10.6. The lowest BCUT2D eigenvalue weighted by Crippen LogP contribution is -2.36. The smallest absolute Gasteiger partial charge is 0.330 e. The summed E-state index contributed by atoms with van der Waals surface area (Å²) in [6, 6.07) is 0. The average molecular weight is 240 g/mol. The van der Waals surface area contributed by atoms with Gasteiger partial charge in [-0.2, -0.15) is 0 Å². The van der Waals surface area contributed by atoms with E-state index in [2.05, 4.69) is 20.4 Å². The van der Waals surface area contributed by atoms with Crippen molar-refractivity contribution in [3.63, 3.8) is 0 Å². The van der Waals surface area contributed by atoms with Crippen LogP contribution in [0, 0.1) is 17.8 Å². The summed E-state index contributed by atoms with van der Waals surface area (Å²) in [5.74, 6) is 0.342. The van der Waals surface area contributed by atoms with Gasteiger partial charge in [0.15, 0.2) is 0 Å². The Kier molecular flexibility index (Phi) is 4.73. The Hall–Kier alpha value is -1.32. The standard InChI is InChI=1S/C13H20O4/c1-5-11(15)17-12-9(4)6-10(8(2)3)13(12)16-7-14/h5,7-10,12-13H,1,6H2,2-4H3. The van der Waals surface area contributed by atoms with E-state index >= 15 is 0 Å². The van der Waals surface area contributed by atoms with E-state index < -0.39 is 5.97 Å². The maximum atomic E-state index is 11.3. The summed E-state index contributed by atoms with van der Waals surface area (Å²) in [4.78, 5) is 21.8. The molecule has 0 aromatic heterocycles. The van der Waals surface area contributed by atoms with Crippen LogP contribution >= 0.6 is 0 Å². The van der Waals surface area contributed by atoms with Gasteiger partial charge in [-0.25, -0.2) is 4.79 Å². The van der Waals surface area contributed by atoms with Crippen molar-refractivity contribution >= 4 is 12.4 Å². The molecule has 0 radical (unpaired) electrons. The molecule has 17 heavy (non-hydrogen) atoms. The molecule has 0 heterocycles. The molecule has 0 aromatic carbocycles. The fourth-order valence-corrected chi connectivity index (χ4v) is 2.52. The number of hydrogen-bond donors (Lipinski definition) is 0. The van der Waals surface area contributed by atoms with Gasteiger partial charge in [0, 0.05) is 12.0 Å². The quantitative estimate of drug-likeness (QED) is 0.418. The minimum Gasteiger partial charge on any atom is -0.460 e. The molecular formula is C13H20O4. The third-order valence-corrected chi connectivity index (χ3v) is 3.44. The predicted molar refractivity (Wildman–Crippen MR) is 63.1 cm³/mol. The van der Waals surface area contributed by atoms with Crippen molar-refractivity contribution in [2.24, 2.45) is 17.8 Å². The molecule has 1 aliphatic rings. The maximum absolute atomic E-state index is 11.3. The minimum atomic E-state index is -0.467. The highest BCUT2D eigenvalue weighted by molar-refractivity contribution is 5.81. The van der Waals surface area contributed by atoms with Crippen LogP contribution < -0.4 is 0 Å². The van der Waals surface area contributed by atoms with E-state index in [0.29, 0.717) is 12.4 Å². The van der Waals surface area contributed by atoms with Crippen molar-refractivity contribution in [1.29, 1.82) is 0 Å². The van der Waals surface area contributed by atoms with Crippen LogP contribution in [0.15, 0.2) is 12.7 Å². The summed E-state index contributed by atoms with van der Waals surface area (Å²) in [5, 5.41) is 0. The van der Waals surface area contributed by atoms with Crippen LogP contribution in [0.5, 0.6) is 0 Å². The number of esters is 1. The molecule has 4 unspecified atom stereocenters. The molecule has 1 aliphatic carbocycles. The predicted octanol–water partition coefficient (Wildman–Crippen LogP) is 1.94. The number of ether oxygens (including phenoxy) is 2. The number of rotatable bonds is 5. The van der Waals surface area contributed by atoms with Crippen LogP contribution in [-0.2, 0) is 19.1 Å². The van der Waals surface area contributed by atoms with Gasteiger partial charge in [-0.1, -0.05) is 27.4 Å². The van der Waals surface area contributed by atoms with Crippen molar-refractivity contribution in [2.75, 3.05) is 0 Å². The number of hydrogen-bond acceptors (Lipinski definition) is 4. The van der Waals surface area contributed by atoms with Crippen molar-refractivity contribution in [3.05, 3.63) is 12.7 Å². The Bertz CT molecular complexity index is 298. The molecule has 4 nitrogen and oxygen atoms in total. The first-order valence-electron chi connectivity index (χ1n) is 5.93. The molecule has 0 saturated heterocycles. The van der Waals surface area contributed by atoms with Gasteiger partial charge in [0.1, 0.15) is 12.2 Å². The molecule has 1 saturated carbocycles. The van der Waals surface area contributed by atoms with Crippen LogP contribution in [-0.4, -0.2) is 24.6 Å². The van der Waals surface area contributed by atoms with Crippen molar-refractivity contribution in [2.45, 2.75) is 39.4 Å². The first-order valence-corrected chi connectivity index (χ1v) is 5.93. The van der Waals surface area contributed by atoms with Crippen molar-refractivity contribution in [3.8, 4) is 0 Å². The van der Waals surface area contributed by atoms with Crippen LogP contribution in [0.4, 0.5) is 0 Å². The molecule has 0 aromatic rings. The summed E-state index contributed by atoms with van der Waals surface area (Å²) in [6.45, 7) is 9.97. The third kappa shape index (κ3) is 3.08. The van der Waals surface area contributed by atoms with Gasteiger partial charge in [-0.05, 0) is 18.3 Å². The maximum Gasteiger partial charge on any atom is 0.330 e. The van der Waals surface area contributed by atoms with Crippen molar-refractivity contribution in [1.82, 2.24) is 0 Å². The Balaban J connectivity index is 2.81. The molecule has 4 atom stereocenters. The highest BCUT2D eigenvalue weighted by atomic mass is 16.6. The molecule has 0 amide bonds. The summed E-state index contributed by atoms with van der Waals surface area (Å²) in [7, 11) is 0. The van der Waals surface area contributed by atoms with E-state index in [4.69, 9.17) is 9.47 Å². The minimum absolute atomic E-state index is 0.191. The van der Waals surface area contributed by atoms with E-state index in [1.807, 2.05) is 6.92 Å². The summed E-state index contributed by atoms with van der Waals surface area (Å²) < 4.78 is 10.4. The Morgan fingerprint density at radius 2 is 2.06 bits per heavy atom. The van der Waals surface area contributed by atoms with E-state index in [1.165, 1.54) is 0 Å². The van der Waals surface area contributed by atoms with E-state index in [9.17, 15) is 9.59 Å². The molecule has 1 rings (SSSR count). The van der Waals surface area contributed by atoms with Gasteiger partial charge >= 0.3 is 5.97 Å². The van der Waals surface area contributed by atoms with Gasteiger partial charge in [0.05, 0.1) is 0 Å². The van der Waals surface area contributed by atoms with Crippen molar-refractivity contribution < 1.29 is 19.1 Å².